The van der Waals surface area contributed by atoms with Gasteiger partial charge in [0.05, 0.1) is 17.3 Å². The topological polar surface area (TPSA) is 65.0 Å². The molecule has 3 aliphatic heterocycles. The predicted molar refractivity (Wildman–Crippen MR) is 165 cm³/mol. The zero-order valence-corrected chi connectivity index (χ0v) is 24.8. The highest BCUT2D eigenvalue weighted by molar-refractivity contribution is 6.36. The number of likely N-dealkylation sites (tertiary alicyclic amines) is 1. The van der Waals surface area contributed by atoms with Crippen molar-refractivity contribution in [3.63, 3.8) is 0 Å². The number of nitrogens with zero attached hydrogens (tertiary/aromatic N) is 6. The number of carbonyl (C=O) groups is 1. The molecule has 3 aliphatic rings. The second-order valence-electron chi connectivity index (χ2n) is 11.5. The van der Waals surface area contributed by atoms with E-state index in [2.05, 4.69) is 59.5 Å². The number of rotatable bonds is 6. The number of aromatic nitrogens is 2. The number of hydrogen-bond acceptors (Lipinski definition) is 7. The number of piperazine rings is 1. The SMILES string of the molecule is C=CC(=O)N1CCN(c2nc(OC[C@@H]3CCCN3C)nc3c2CCCN(c2cccc4cccc(Cl)c24)C3)[C@@H](C)C1. The van der Waals surface area contributed by atoms with Crippen molar-refractivity contribution in [3.8, 4) is 6.01 Å². The third-order valence-electron chi connectivity index (χ3n) is 8.88. The van der Waals surface area contributed by atoms with Gasteiger partial charge < -0.3 is 24.3 Å². The van der Waals surface area contributed by atoms with Gasteiger partial charge in [-0.2, -0.15) is 9.97 Å². The predicted octanol–water partition coefficient (Wildman–Crippen LogP) is 4.93. The van der Waals surface area contributed by atoms with Crippen molar-refractivity contribution in [3.05, 3.63) is 65.3 Å². The van der Waals surface area contributed by atoms with Crippen LogP contribution in [-0.2, 0) is 17.8 Å². The summed E-state index contributed by atoms with van der Waals surface area (Å²) in [6.07, 6.45) is 5.57. The molecule has 9 heteroatoms. The van der Waals surface area contributed by atoms with Gasteiger partial charge in [0.2, 0.25) is 5.91 Å². The normalized spacial score (nSPS) is 21.6. The molecule has 216 valence electrons. The summed E-state index contributed by atoms with van der Waals surface area (Å²) in [4.78, 5) is 31.4. The van der Waals surface area contributed by atoms with Crippen LogP contribution in [0.25, 0.3) is 10.8 Å². The Kier molecular flexibility index (Phi) is 8.04. The van der Waals surface area contributed by atoms with Gasteiger partial charge in [0.25, 0.3) is 0 Å². The van der Waals surface area contributed by atoms with Crippen LogP contribution in [0.5, 0.6) is 6.01 Å². The highest BCUT2D eigenvalue weighted by Gasteiger charge is 2.32. The summed E-state index contributed by atoms with van der Waals surface area (Å²) >= 11 is 6.73. The lowest BCUT2D eigenvalue weighted by atomic mass is 10.1. The molecule has 4 heterocycles. The van der Waals surface area contributed by atoms with E-state index in [4.69, 9.17) is 26.3 Å². The van der Waals surface area contributed by atoms with E-state index < -0.39 is 0 Å². The van der Waals surface area contributed by atoms with Gasteiger partial charge >= 0.3 is 6.01 Å². The Morgan fingerprint density at radius 2 is 1.95 bits per heavy atom. The molecule has 1 amide bonds. The maximum absolute atomic E-state index is 12.3. The summed E-state index contributed by atoms with van der Waals surface area (Å²) in [5.74, 6) is 0.924. The lowest BCUT2D eigenvalue weighted by molar-refractivity contribution is -0.126. The molecule has 0 radical (unpaired) electrons. The first-order chi connectivity index (χ1) is 19.9. The van der Waals surface area contributed by atoms with E-state index in [0.717, 1.165) is 65.3 Å². The number of carbonyl (C=O) groups excluding carboxylic acids is 1. The average molecular weight is 575 g/mol. The van der Waals surface area contributed by atoms with Crippen molar-refractivity contribution in [1.82, 2.24) is 19.8 Å². The fourth-order valence-electron chi connectivity index (χ4n) is 6.60. The second-order valence-corrected chi connectivity index (χ2v) is 11.9. The van der Waals surface area contributed by atoms with E-state index in [-0.39, 0.29) is 11.9 Å². The molecule has 6 rings (SSSR count). The molecule has 2 atom stereocenters. The molecule has 2 fully saturated rings. The van der Waals surface area contributed by atoms with Crippen LogP contribution in [0.2, 0.25) is 5.02 Å². The summed E-state index contributed by atoms with van der Waals surface area (Å²) in [6, 6.07) is 13.4. The Balaban J connectivity index is 1.36. The van der Waals surface area contributed by atoms with Crippen LogP contribution in [0.3, 0.4) is 0 Å². The maximum atomic E-state index is 12.3. The lowest BCUT2D eigenvalue weighted by Crippen LogP contribution is -2.54. The van der Waals surface area contributed by atoms with Crippen LogP contribution in [0.1, 0.15) is 37.4 Å². The van der Waals surface area contributed by atoms with Gasteiger partial charge in [0.15, 0.2) is 0 Å². The second kappa shape index (κ2) is 11.9. The first-order valence-electron chi connectivity index (χ1n) is 14.8. The fourth-order valence-corrected chi connectivity index (χ4v) is 6.88. The molecule has 1 aromatic heterocycles. The van der Waals surface area contributed by atoms with Crippen LogP contribution < -0.4 is 14.5 Å². The highest BCUT2D eigenvalue weighted by atomic mass is 35.5. The molecule has 0 saturated carbocycles. The first-order valence-corrected chi connectivity index (χ1v) is 15.1. The summed E-state index contributed by atoms with van der Waals surface area (Å²) in [5.41, 5.74) is 3.31. The van der Waals surface area contributed by atoms with Crippen LogP contribution in [-0.4, -0.2) is 84.1 Å². The van der Waals surface area contributed by atoms with E-state index >= 15 is 0 Å². The number of hydrogen-bond donors (Lipinski definition) is 0. The Bertz CT molecular complexity index is 1440. The van der Waals surface area contributed by atoms with Crippen molar-refractivity contribution in [2.75, 3.05) is 56.2 Å². The molecular formula is C32H39ClN6O2. The first kappa shape index (κ1) is 27.8. The minimum absolute atomic E-state index is 0.0212. The Morgan fingerprint density at radius 1 is 1.12 bits per heavy atom. The van der Waals surface area contributed by atoms with Crippen LogP contribution in [0.15, 0.2) is 49.1 Å². The highest BCUT2D eigenvalue weighted by Crippen LogP contribution is 2.37. The number of amides is 1. The summed E-state index contributed by atoms with van der Waals surface area (Å²) in [7, 11) is 2.16. The van der Waals surface area contributed by atoms with Gasteiger partial charge in [-0.1, -0.05) is 42.4 Å². The van der Waals surface area contributed by atoms with Gasteiger partial charge in [-0.3, -0.25) is 4.79 Å². The summed E-state index contributed by atoms with van der Waals surface area (Å²) in [5, 5.41) is 2.97. The minimum Gasteiger partial charge on any atom is -0.462 e. The van der Waals surface area contributed by atoms with E-state index in [0.29, 0.717) is 44.8 Å². The largest absolute Gasteiger partial charge is 0.462 e. The van der Waals surface area contributed by atoms with Crippen LogP contribution in [0.4, 0.5) is 11.5 Å². The van der Waals surface area contributed by atoms with Crippen LogP contribution in [0, 0.1) is 0 Å². The number of benzene rings is 2. The van der Waals surface area contributed by atoms with Gasteiger partial charge in [-0.25, -0.2) is 0 Å². The molecule has 41 heavy (non-hydrogen) atoms. The third-order valence-corrected chi connectivity index (χ3v) is 9.20. The Hall–Kier alpha value is -3.36. The smallest absolute Gasteiger partial charge is 0.318 e. The maximum Gasteiger partial charge on any atom is 0.318 e. The minimum atomic E-state index is -0.0212. The van der Waals surface area contributed by atoms with Crippen molar-refractivity contribution in [2.45, 2.75) is 51.2 Å². The zero-order chi connectivity index (χ0) is 28.5. The van der Waals surface area contributed by atoms with Crippen LogP contribution >= 0.6 is 11.6 Å². The van der Waals surface area contributed by atoms with Crippen molar-refractivity contribution < 1.29 is 9.53 Å². The molecule has 8 nitrogen and oxygen atoms in total. The van der Waals surface area contributed by atoms with Gasteiger partial charge in [0, 0.05) is 54.9 Å². The van der Waals surface area contributed by atoms with Crippen molar-refractivity contribution in [2.24, 2.45) is 0 Å². The molecule has 0 unspecified atom stereocenters. The third kappa shape index (κ3) is 5.60. The van der Waals surface area contributed by atoms with E-state index in [1.807, 2.05) is 17.0 Å². The van der Waals surface area contributed by atoms with Gasteiger partial charge in [-0.05, 0) is 69.8 Å². The summed E-state index contributed by atoms with van der Waals surface area (Å²) < 4.78 is 6.33. The molecular weight excluding hydrogens is 536 g/mol. The Labute approximate surface area is 247 Å². The number of anilines is 2. The van der Waals surface area contributed by atoms with E-state index in [1.165, 1.54) is 18.1 Å². The number of halogens is 1. The molecule has 2 aromatic carbocycles. The molecule has 2 saturated heterocycles. The average Bonchev–Trinajstić information content (AvgIpc) is 3.27. The monoisotopic (exact) mass is 574 g/mol. The molecule has 3 aromatic rings. The van der Waals surface area contributed by atoms with Crippen molar-refractivity contribution in [1.29, 1.82) is 0 Å². The fraction of sp³-hybridized carbons (Fsp3) is 0.469. The Morgan fingerprint density at radius 3 is 2.71 bits per heavy atom. The van der Waals surface area contributed by atoms with E-state index in [1.54, 1.807) is 0 Å². The number of likely N-dealkylation sites (N-methyl/N-ethyl adjacent to an activating group) is 1. The standard InChI is InChI=1S/C32H39ClN6O2/c1-4-29(40)38-17-18-39(22(2)19-38)31-25-12-8-16-37(28-14-6-10-23-9-5-13-26(33)30(23)28)20-27(25)34-32(35-31)41-21-24-11-7-15-36(24)3/h4-6,9-10,13-14,22,24H,1,7-8,11-12,15-21H2,2-3H3/t22-,24-/m0/s1. The molecule has 0 spiro atoms. The molecule has 0 N–H and O–H groups in total. The molecule has 0 bridgehead atoms. The lowest BCUT2D eigenvalue weighted by Gasteiger charge is -2.41. The van der Waals surface area contributed by atoms with E-state index in [9.17, 15) is 4.79 Å². The quantitative estimate of drug-likeness (QED) is 0.387. The van der Waals surface area contributed by atoms with Gasteiger partial charge in [0.1, 0.15) is 12.4 Å². The number of fused-ring (bicyclic) bond motifs is 2. The van der Waals surface area contributed by atoms with Crippen molar-refractivity contribution >= 4 is 39.8 Å². The summed E-state index contributed by atoms with van der Waals surface area (Å²) in [6.45, 7) is 11.0. The number of ether oxygens (including phenoxy) is 1. The van der Waals surface area contributed by atoms with Gasteiger partial charge in [-0.15, -0.1) is 0 Å². The molecule has 0 aliphatic carbocycles. The zero-order valence-electron chi connectivity index (χ0n) is 24.1.